The normalized spacial score (nSPS) is 13.5. The van der Waals surface area contributed by atoms with Crippen molar-refractivity contribution in [1.29, 1.82) is 0 Å². The van der Waals surface area contributed by atoms with Crippen molar-refractivity contribution in [3.05, 3.63) is 59.7 Å². The fraction of sp³-hybridized carbons (Fsp3) is 0.673. The van der Waals surface area contributed by atoms with Crippen LogP contribution < -0.4 is 9.47 Å². The molecule has 0 aliphatic rings. The van der Waals surface area contributed by atoms with E-state index in [1.54, 1.807) is 114 Å². The molecule has 15 heteroatoms. The Bertz CT molecular complexity index is 1680. The van der Waals surface area contributed by atoms with E-state index in [1.165, 1.54) is 0 Å². The van der Waals surface area contributed by atoms with Gasteiger partial charge in [-0.2, -0.15) is 0 Å². The summed E-state index contributed by atoms with van der Waals surface area (Å²) in [7, 11) is 0. The Hall–Kier alpha value is -4.73. The molecule has 0 saturated heterocycles. The first-order valence-corrected chi connectivity index (χ1v) is 23.4. The molecule has 2 rings (SSSR count). The van der Waals surface area contributed by atoms with Gasteiger partial charge in [-0.15, -0.1) is 0 Å². The van der Waals surface area contributed by atoms with Gasteiger partial charge >= 0.3 is 29.8 Å². The zero-order valence-corrected chi connectivity index (χ0v) is 43.8. The molecule has 378 valence electrons. The van der Waals surface area contributed by atoms with Gasteiger partial charge in [-0.1, -0.05) is 24.3 Å². The fourth-order valence-corrected chi connectivity index (χ4v) is 7.08. The molecule has 0 radical (unpaired) electrons. The van der Waals surface area contributed by atoms with Crippen LogP contribution in [0, 0.1) is 0 Å². The maximum absolute atomic E-state index is 14.0. The largest absolute Gasteiger partial charge is 0.494 e. The molecule has 0 amide bonds. The number of carbonyl (C=O) groups excluding carboxylic acids is 5. The first-order valence-electron chi connectivity index (χ1n) is 23.4. The number of esters is 5. The van der Waals surface area contributed by atoms with E-state index in [1.807, 2.05) is 67.3 Å². The minimum absolute atomic E-state index is 0.102. The lowest BCUT2D eigenvalue weighted by Gasteiger charge is -2.39. The monoisotopic (exact) mass is 942 g/mol. The molecule has 0 bridgehead atoms. The number of carbonyl (C=O) groups is 5. The predicted octanol–water partition coefficient (Wildman–Crippen LogP) is 7.62. The van der Waals surface area contributed by atoms with Gasteiger partial charge < -0.3 is 33.2 Å². The Morgan fingerprint density at radius 2 is 0.642 bits per heavy atom. The molecule has 15 nitrogen and oxygen atoms in total. The average Bonchev–Trinajstić information content (AvgIpc) is 3.11. The zero-order chi connectivity index (χ0) is 51.0. The van der Waals surface area contributed by atoms with Gasteiger partial charge in [0.2, 0.25) is 0 Å². The zero-order valence-electron chi connectivity index (χ0n) is 43.8. The first kappa shape index (κ1) is 58.4. The third-order valence-electron chi connectivity index (χ3n) is 9.16. The van der Waals surface area contributed by atoms with Crippen LogP contribution in [0.5, 0.6) is 11.5 Å². The van der Waals surface area contributed by atoms with Gasteiger partial charge in [0, 0.05) is 25.2 Å². The minimum Gasteiger partial charge on any atom is -0.494 e. The lowest BCUT2D eigenvalue weighted by atomic mass is 10.0. The number of benzene rings is 2. The molecule has 0 heterocycles. The van der Waals surface area contributed by atoms with Gasteiger partial charge in [-0.3, -0.25) is 38.7 Å². The van der Waals surface area contributed by atoms with E-state index < -0.39 is 69.9 Å². The molecular weight excluding hydrogens is 859 g/mol. The molecule has 2 atom stereocenters. The summed E-state index contributed by atoms with van der Waals surface area (Å²) in [5, 5.41) is 0. The van der Waals surface area contributed by atoms with E-state index in [0.717, 1.165) is 11.1 Å². The summed E-state index contributed by atoms with van der Waals surface area (Å²) in [5.41, 5.74) is -2.36. The third kappa shape index (κ3) is 26.4. The fourth-order valence-electron chi connectivity index (χ4n) is 7.08. The van der Waals surface area contributed by atoms with Crippen molar-refractivity contribution in [3.8, 4) is 11.5 Å². The number of rotatable bonds is 24. The Morgan fingerprint density at radius 3 is 0.866 bits per heavy atom. The molecule has 0 aliphatic carbocycles. The second-order valence-corrected chi connectivity index (χ2v) is 21.8. The number of hydrogen-bond acceptors (Lipinski definition) is 15. The van der Waals surface area contributed by atoms with Crippen LogP contribution in [0.3, 0.4) is 0 Å². The Morgan fingerprint density at radius 1 is 0.403 bits per heavy atom. The van der Waals surface area contributed by atoms with Gasteiger partial charge in [-0.05, 0) is 166 Å². The molecule has 0 aliphatic heterocycles. The smallest absolute Gasteiger partial charge is 0.320 e. The number of ether oxygens (including phenoxy) is 7. The van der Waals surface area contributed by atoms with Crippen LogP contribution >= 0.6 is 0 Å². The molecule has 0 N–H and O–H groups in total. The lowest BCUT2D eigenvalue weighted by molar-refractivity contribution is -0.163. The highest BCUT2D eigenvalue weighted by atomic mass is 16.6. The molecule has 2 aromatic carbocycles. The SMILES string of the molecule is CCOc1ccc(CC(CN(CC(=O)OC(C)(C)C)CC(Cc2ccc(OCC)cc2)N(CC(=O)OC(C)(C)C)CC(=O)OC(C)(C)C)N(CC(=O)OC(C)(C)C)CC(=O)OC(C)(C)C)cc1. The summed E-state index contributed by atoms with van der Waals surface area (Å²) in [6.45, 7) is 30.2. The van der Waals surface area contributed by atoms with Crippen molar-refractivity contribution in [2.75, 3.05) is 59.0 Å². The van der Waals surface area contributed by atoms with Crippen molar-refractivity contribution in [1.82, 2.24) is 14.7 Å². The Labute approximate surface area is 401 Å². The quantitative estimate of drug-likeness (QED) is 0.0747. The summed E-state index contributed by atoms with van der Waals surface area (Å²) in [5.74, 6) is -1.38. The topological polar surface area (TPSA) is 160 Å². The first-order chi connectivity index (χ1) is 30.7. The van der Waals surface area contributed by atoms with Gasteiger partial charge in [-0.25, -0.2) is 0 Å². The van der Waals surface area contributed by atoms with Crippen molar-refractivity contribution < 1.29 is 57.1 Å². The van der Waals surface area contributed by atoms with Gasteiger partial charge in [0.1, 0.15) is 39.5 Å². The molecule has 0 fully saturated rings. The second-order valence-electron chi connectivity index (χ2n) is 21.8. The van der Waals surface area contributed by atoms with Gasteiger partial charge in [0.05, 0.1) is 45.9 Å². The van der Waals surface area contributed by atoms with E-state index in [9.17, 15) is 24.0 Å². The van der Waals surface area contributed by atoms with Crippen LogP contribution in [0.2, 0.25) is 0 Å². The Kier molecular flexibility index (Phi) is 22.3. The van der Waals surface area contributed by atoms with Crippen molar-refractivity contribution in [2.45, 2.75) is 171 Å². The van der Waals surface area contributed by atoms with Crippen molar-refractivity contribution in [2.24, 2.45) is 0 Å². The molecular formula is C52H83N3O12. The van der Waals surface area contributed by atoms with Gasteiger partial charge in [0.25, 0.3) is 0 Å². The molecule has 2 aromatic rings. The highest BCUT2D eigenvalue weighted by molar-refractivity contribution is 5.76. The highest BCUT2D eigenvalue weighted by Gasteiger charge is 2.35. The summed E-state index contributed by atoms with van der Waals surface area (Å²) < 4.78 is 40.6. The lowest BCUT2D eigenvalue weighted by Crippen LogP contribution is -2.55. The molecule has 2 unspecified atom stereocenters. The van der Waals surface area contributed by atoms with Crippen LogP contribution in [0.25, 0.3) is 0 Å². The molecule has 0 aromatic heterocycles. The maximum atomic E-state index is 14.0. The molecule has 0 saturated carbocycles. The number of nitrogens with zero attached hydrogens (tertiary/aromatic N) is 3. The van der Waals surface area contributed by atoms with Crippen molar-refractivity contribution in [3.63, 3.8) is 0 Å². The Balaban J connectivity index is 2.94. The van der Waals surface area contributed by atoms with Crippen LogP contribution in [0.4, 0.5) is 0 Å². The summed E-state index contributed by atoms with van der Waals surface area (Å²) in [6, 6.07) is 13.9. The number of hydrogen-bond donors (Lipinski definition) is 0. The highest BCUT2D eigenvalue weighted by Crippen LogP contribution is 2.22. The molecule has 67 heavy (non-hydrogen) atoms. The second kappa shape index (κ2) is 25.6. The van der Waals surface area contributed by atoms with E-state index in [0.29, 0.717) is 37.6 Å². The van der Waals surface area contributed by atoms with E-state index >= 15 is 0 Å². The summed E-state index contributed by atoms with van der Waals surface area (Å²) in [4.78, 5) is 74.3. The van der Waals surface area contributed by atoms with E-state index in [4.69, 9.17) is 33.2 Å². The van der Waals surface area contributed by atoms with Crippen LogP contribution in [-0.2, 0) is 60.5 Å². The van der Waals surface area contributed by atoms with Crippen LogP contribution in [-0.4, -0.2) is 144 Å². The summed E-state index contributed by atoms with van der Waals surface area (Å²) in [6.07, 6.45) is 0.623. The van der Waals surface area contributed by atoms with Crippen molar-refractivity contribution >= 4 is 29.8 Å². The van der Waals surface area contributed by atoms with Crippen LogP contribution in [0.15, 0.2) is 48.5 Å². The predicted molar refractivity (Wildman–Crippen MR) is 259 cm³/mol. The van der Waals surface area contributed by atoms with Gasteiger partial charge in [0.15, 0.2) is 0 Å². The summed E-state index contributed by atoms with van der Waals surface area (Å²) >= 11 is 0. The minimum atomic E-state index is -0.828. The maximum Gasteiger partial charge on any atom is 0.320 e. The average molecular weight is 942 g/mol. The van der Waals surface area contributed by atoms with E-state index in [-0.39, 0.29) is 45.8 Å². The standard InChI is InChI=1S/C52H83N3O12/c1-18-61-41-24-20-37(21-25-41)28-39(54(33-44(57)64-49(6,7)8)34-45(58)65-50(9,10)11)30-53(32-43(56)63-48(3,4)5)31-40(29-38-22-26-42(27-23-38)62-19-2)55(35-46(59)66-51(12,13)14)36-47(60)67-52(15,16)17/h20-27,39-40H,18-19,28-36H2,1-17H3. The molecule has 0 spiro atoms. The van der Waals surface area contributed by atoms with Crippen LogP contribution in [0.1, 0.15) is 129 Å². The van der Waals surface area contributed by atoms with E-state index in [2.05, 4.69) is 0 Å². The third-order valence-corrected chi connectivity index (χ3v) is 9.16.